The number of halogens is 1. The van der Waals surface area contributed by atoms with Gasteiger partial charge in [0, 0.05) is 12.1 Å². The molecule has 0 radical (unpaired) electrons. The fourth-order valence-corrected chi connectivity index (χ4v) is 3.04. The number of hydrogen-bond donors (Lipinski definition) is 0. The topological polar surface area (TPSA) is 9.23 Å². The van der Waals surface area contributed by atoms with E-state index in [9.17, 15) is 4.11 Å². The van der Waals surface area contributed by atoms with E-state index < -0.39 is 8.65 Å². The molecule has 0 aromatic rings. The molecule has 0 heterocycles. The van der Waals surface area contributed by atoms with Crippen LogP contribution in [0.1, 0.15) is 0 Å². The van der Waals surface area contributed by atoms with Crippen molar-refractivity contribution in [3.05, 3.63) is 25.3 Å². The molecule has 0 aliphatic carbocycles. The molecule has 0 spiro atoms. The first-order valence-electron chi connectivity index (χ1n) is 3.14. The van der Waals surface area contributed by atoms with Gasteiger partial charge in [-0.05, 0) is 0 Å². The molecule has 0 aromatic heterocycles. The number of rotatable bonds is 5. The van der Waals surface area contributed by atoms with Crippen LogP contribution in [0.2, 0.25) is 12.1 Å². The van der Waals surface area contributed by atoms with Crippen LogP contribution < -0.4 is 0 Å². The molecule has 0 saturated heterocycles. The molecule has 0 fully saturated rings. The van der Waals surface area contributed by atoms with E-state index in [0.29, 0.717) is 22.6 Å². The first-order valence-corrected chi connectivity index (χ1v) is 6.16. The maximum Gasteiger partial charge on any atom is 0.380 e. The summed E-state index contributed by atoms with van der Waals surface area (Å²) in [6, 6.07) is 0.755. The Morgan fingerprint density at radius 3 is 2.00 bits per heavy atom. The van der Waals surface area contributed by atoms with E-state index in [2.05, 4.69) is 13.2 Å². The van der Waals surface area contributed by atoms with E-state index in [1.165, 1.54) is 0 Å². The minimum Gasteiger partial charge on any atom is -0.441 e. The van der Waals surface area contributed by atoms with Gasteiger partial charge in [0.05, 0.1) is 0 Å². The Kier molecular flexibility index (Phi) is 4.50. The molecule has 0 N–H and O–H groups in total. The molecule has 0 aliphatic heterocycles. The van der Waals surface area contributed by atoms with E-state index in [-0.39, 0.29) is 0 Å². The summed E-state index contributed by atoms with van der Waals surface area (Å²) in [5, 5.41) is 0. The zero-order chi connectivity index (χ0) is 8.04. The molecule has 0 amide bonds. The lowest BCUT2D eigenvalue weighted by Crippen LogP contribution is -2.30. The van der Waals surface area contributed by atoms with Crippen molar-refractivity contribution in [2.75, 3.05) is 0 Å². The van der Waals surface area contributed by atoms with Gasteiger partial charge in [-0.15, -0.1) is 13.2 Å². The van der Waals surface area contributed by atoms with Crippen molar-refractivity contribution in [1.82, 2.24) is 0 Å². The van der Waals surface area contributed by atoms with E-state index in [4.69, 9.17) is 4.12 Å². The van der Waals surface area contributed by atoms with Crippen molar-refractivity contribution in [1.29, 1.82) is 0 Å². The standard InChI is InChI=1S/C6H13FOSi2/c1-3-5-10(7,8-9)6-4-2/h3-4H,1-2,5-6H2,9H3. The van der Waals surface area contributed by atoms with Crippen LogP contribution in [-0.4, -0.2) is 19.1 Å². The predicted octanol–water partition coefficient (Wildman–Crippen LogP) is 1.07. The molecule has 0 rings (SSSR count). The molecular weight excluding hydrogens is 163 g/mol. The normalized spacial score (nSPS) is 11.3. The summed E-state index contributed by atoms with van der Waals surface area (Å²) < 4.78 is 18.2. The van der Waals surface area contributed by atoms with Gasteiger partial charge >= 0.3 is 8.65 Å². The van der Waals surface area contributed by atoms with Gasteiger partial charge in [-0.25, -0.2) is 0 Å². The fraction of sp³-hybridized carbons (Fsp3) is 0.333. The Balaban J connectivity index is 3.92. The molecule has 1 nitrogen and oxygen atoms in total. The SMILES string of the molecule is C=CC[Si](F)(CC=C)O[SiH3]. The van der Waals surface area contributed by atoms with E-state index >= 15 is 0 Å². The second-order valence-corrected chi connectivity index (χ2v) is 6.29. The first kappa shape index (κ1) is 9.80. The van der Waals surface area contributed by atoms with Crippen LogP contribution in [0.15, 0.2) is 25.3 Å². The molecular formula is C6H13FOSi2. The average molecular weight is 176 g/mol. The highest BCUT2D eigenvalue weighted by atomic mass is 28.4. The zero-order valence-corrected chi connectivity index (χ0v) is 9.27. The van der Waals surface area contributed by atoms with Crippen molar-refractivity contribution in [3.63, 3.8) is 0 Å². The second-order valence-electron chi connectivity index (χ2n) is 2.07. The second kappa shape index (κ2) is 4.59. The van der Waals surface area contributed by atoms with Gasteiger partial charge in [-0.2, -0.15) is 0 Å². The highest BCUT2D eigenvalue weighted by molar-refractivity contribution is 6.70. The summed E-state index contributed by atoms with van der Waals surface area (Å²) >= 11 is 0. The van der Waals surface area contributed by atoms with Gasteiger partial charge in [-0.1, -0.05) is 12.2 Å². The van der Waals surface area contributed by atoms with Crippen LogP contribution in [0, 0.1) is 0 Å². The number of allylic oxidation sites excluding steroid dienone is 2. The van der Waals surface area contributed by atoms with Crippen LogP contribution in [0.3, 0.4) is 0 Å². The lowest BCUT2D eigenvalue weighted by molar-refractivity contribution is 0.500. The van der Waals surface area contributed by atoms with Crippen LogP contribution in [0.4, 0.5) is 4.11 Å². The molecule has 0 unspecified atom stereocenters. The highest BCUT2D eigenvalue weighted by Crippen LogP contribution is 2.18. The lowest BCUT2D eigenvalue weighted by Gasteiger charge is -2.16. The molecule has 0 saturated carbocycles. The average Bonchev–Trinajstić information content (AvgIpc) is 1.89. The smallest absolute Gasteiger partial charge is 0.380 e. The van der Waals surface area contributed by atoms with Gasteiger partial charge in [0.2, 0.25) is 0 Å². The van der Waals surface area contributed by atoms with Gasteiger partial charge in [0.25, 0.3) is 0 Å². The van der Waals surface area contributed by atoms with Gasteiger partial charge in [-0.3, -0.25) is 4.11 Å². The van der Waals surface area contributed by atoms with Gasteiger partial charge in [0.1, 0.15) is 10.5 Å². The summed E-state index contributed by atoms with van der Waals surface area (Å²) in [5.74, 6) is 0. The van der Waals surface area contributed by atoms with Crippen LogP contribution in [-0.2, 0) is 4.12 Å². The minimum atomic E-state index is -2.90. The highest BCUT2D eigenvalue weighted by Gasteiger charge is 2.30. The monoisotopic (exact) mass is 176 g/mol. The van der Waals surface area contributed by atoms with Gasteiger partial charge in [0.15, 0.2) is 0 Å². The Labute approximate surface area is 65.4 Å². The van der Waals surface area contributed by atoms with Crippen LogP contribution >= 0.6 is 0 Å². The predicted molar refractivity (Wildman–Crippen MR) is 47.9 cm³/mol. The zero-order valence-electron chi connectivity index (χ0n) is 6.27. The molecule has 0 aromatic carbocycles. The lowest BCUT2D eigenvalue weighted by atomic mass is 10.7. The van der Waals surface area contributed by atoms with E-state index in [0.717, 1.165) is 0 Å². The van der Waals surface area contributed by atoms with Crippen molar-refractivity contribution in [2.45, 2.75) is 12.1 Å². The van der Waals surface area contributed by atoms with Gasteiger partial charge < -0.3 is 4.12 Å². The largest absolute Gasteiger partial charge is 0.441 e. The summed E-state index contributed by atoms with van der Waals surface area (Å²) in [6.45, 7) is 6.94. The molecule has 58 valence electrons. The molecule has 4 heteroatoms. The fourth-order valence-electron chi connectivity index (χ4n) is 0.681. The summed E-state index contributed by atoms with van der Waals surface area (Å²) in [4.78, 5) is 0. The van der Waals surface area contributed by atoms with Crippen molar-refractivity contribution in [2.24, 2.45) is 0 Å². The van der Waals surface area contributed by atoms with Crippen molar-refractivity contribution < 1.29 is 8.22 Å². The van der Waals surface area contributed by atoms with Crippen LogP contribution in [0.25, 0.3) is 0 Å². The van der Waals surface area contributed by atoms with E-state index in [1.807, 2.05) is 0 Å². The summed E-state index contributed by atoms with van der Waals surface area (Å²) in [7, 11) is -2.43. The maximum absolute atomic E-state index is 13.3. The summed E-state index contributed by atoms with van der Waals surface area (Å²) in [6.07, 6.45) is 3.15. The third kappa shape index (κ3) is 3.09. The third-order valence-electron chi connectivity index (χ3n) is 1.26. The molecule has 0 atom stereocenters. The Hall–Kier alpha value is -0.196. The molecule has 10 heavy (non-hydrogen) atoms. The van der Waals surface area contributed by atoms with Crippen LogP contribution in [0.5, 0.6) is 0 Å². The number of hydrogen-bond acceptors (Lipinski definition) is 1. The maximum atomic E-state index is 13.3. The quantitative estimate of drug-likeness (QED) is 0.346. The van der Waals surface area contributed by atoms with E-state index in [1.54, 1.807) is 12.2 Å². The minimum absolute atomic E-state index is 0.377. The third-order valence-corrected chi connectivity index (χ3v) is 5.99. The molecule has 0 aliphatic rings. The Morgan fingerprint density at radius 2 is 1.80 bits per heavy atom. The van der Waals surface area contributed by atoms with Crippen molar-refractivity contribution >= 4 is 19.1 Å². The molecule has 0 bridgehead atoms. The first-order chi connectivity index (χ1) is 4.68. The van der Waals surface area contributed by atoms with Crippen molar-refractivity contribution in [3.8, 4) is 0 Å². The Morgan fingerprint density at radius 1 is 1.40 bits per heavy atom. The summed E-state index contributed by atoms with van der Waals surface area (Å²) in [5.41, 5.74) is 0. The Bertz CT molecular complexity index is 117.